The summed E-state index contributed by atoms with van der Waals surface area (Å²) in [7, 11) is -3.77. The molecular formula is C19H21BrN2O6S. The molecule has 0 spiro atoms. The highest BCUT2D eigenvalue weighted by Gasteiger charge is 2.46. The summed E-state index contributed by atoms with van der Waals surface area (Å²) < 4.78 is 25.7. The van der Waals surface area contributed by atoms with Crippen LogP contribution in [-0.2, 0) is 19.4 Å². The number of sulfone groups is 1. The summed E-state index contributed by atoms with van der Waals surface area (Å²) in [4.78, 5) is 49.9. The minimum Gasteiger partial charge on any atom is -0.295 e. The summed E-state index contributed by atoms with van der Waals surface area (Å²) in [6.45, 7) is 0. The lowest BCUT2D eigenvalue weighted by molar-refractivity contribution is -0.136. The van der Waals surface area contributed by atoms with Gasteiger partial charge in [0.05, 0.1) is 21.8 Å². The molecule has 1 unspecified atom stereocenters. The second kappa shape index (κ2) is 8.74. The van der Waals surface area contributed by atoms with Gasteiger partial charge in [-0.25, -0.2) is 8.42 Å². The van der Waals surface area contributed by atoms with Crippen LogP contribution in [0.5, 0.6) is 0 Å². The first-order valence-corrected chi connectivity index (χ1v) is 12.2. The van der Waals surface area contributed by atoms with E-state index in [0.717, 1.165) is 29.5 Å². The van der Waals surface area contributed by atoms with E-state index in [2.05, 4.69) is 21.2 Å². The smallest absolute Gasteiger partial charge is 0.263 e. The lowest BCUT2D eigenvalue weighted by Crippen LogP contribution is -2.54. The highest BCUT2D eigenvalue weighted by Crippen LogP contribution is 2.32. The van der Waals surface area contributed by atoms with Crippen LogP contribution < -0.4 is 5.32 Å². The highest BCUT2D eigenvalue weighted by molar-refractivity contribution is 9.09. The standard InChI is InChI=1S/C19H21BrN2O6S/c20-10-3-1-2-4-11-29(27,28)14-7-5-6-12-16(14)19(26)22(18(12)25)13-8-9-15(23)21-17(13)24/h5-7,13H,1-4,8-11H2,(H,21,23,24). The van der Waals surface area contributed by atoms with Crippen molar-refractivity contribution >= 4 is 49.4 Å². The number of halogens is 1. The molecule has 2 heterocycles. The minimum atomic E-state index is -3.77. The zero-order valence-corrected chi connectivity index (χ0v) is 18.1. The fourth-order valence-electron chi connectivity index (χ4n) is 3.59. The SMILES string of the molecule is O=C1CCC(N2C(=O)c3cccc(S(=O)(=O)CCCCCCBr)c3C2=O)C(=O)N1. The summed E-state index contributed by atoms with van der Waals surface area (Å²) in [6, 6.07) is 3.01. The summed E-state index contributed by atoms with van der Waals surface area (Å²) in [5.74, 6) is -2.84. The third kappa shape index (κ3) is 4.28. The van der Waals surface area contributed by atoms with Crippen LogP contribution in [0.25, 0.3) is 0 Å². The number of piperidine rings is 1. The molecule has 1 saturated heterocycles. The van der Waals surface area contributed by atoms with Gasteiger partial charge in [-0.3, -0.25) is 29.4 Å². The Hall–Kier alpha value is -2.07. The van der Waals surface area contributed by atoms with Crippen molar-refractivity contribution in [3.63, 3.8) is 0 Å². The zero-order chi connectivity index (χ0) is 21.2. The molecule has 2 aliphatic rings. The van der Waals surface area contributed by atoms with Crippen LogP contribution in [0.3, 0.4) is 0 Å². The van der Waals surface area contributed by atoms with Crippen LogP contribution in [0.2, 0.25) is 0 Å². The molecular weight excluding hydrogens is 464 g/mol. The third-order valence-corrected chi connectivity index (χ3v) is 7.46. The van der Waals surface area contributed by atoms with Crippen molar-refractivity contribution in [1.82, 2.24) is 10.2 Å². The second-order valence-electron chi connectivity index (χ2n) is 7.05. The van der Waals surface area contributed by atoms with Gasteiger partial charge in [-0.1, -0.05) is 34.8 Å². The van der Waals surface area contributed by atoms with Gasteiger partial charge in [0, 0.05) is 11.8 Å². The number of fused-ring (bicyclic) bond motifs is 1. The quantitative estimate of drug-likeness (QED) is 0.341. The van der Waals surface area contributed by atoms with Gasteiger partial charge in [0.25, 0.3) is 11.8 Å². The Labute approximate surface area is 177 Å². The first-order chi connectivity index (χ1) is 13.8. The van der Waals surface area contributed by atoms with Crippen LogP contribution >= 0.6 is 15.9 Å². The zero-order valence-electron chi connectivity index (χ0n) is 15.6. The van der Waals surface area contributed by atoms with E-state index in [4.69, 9.17) is 0 Å². The van der Waals surface area contributed by atoms with Gasteiger partial charge in [0.1, 0.15) is 6.04 Å². The van der Waals surface area contributed by atoms with E-state index in [-0.39, 0.29) is 34.6 Å². The topological polar surface area (TPSA) is 118 Å². The number of amides is 4. The number of nitrogens with one attached hydrogen (secondary N) is 1. The van der Waals surface area contributed by atoms with Gasteiger partial charge in [0.2, 0.25) is 11.8 Å². The lowest BCUT2D eigenvalue weighted by atomic mass is 10.0. The van der Waals surface area contributed by atoms with E-state index in [1.807, 2.05) is 0 Å². The average Bonchev–Trinajstić information content (AvgIpc) is 2.93. The Morgan fingerprint density at radius 2 is 1.76 bits per heavy atom. The molecule has 1 aromatic rings. The first kappa shape index (κ1) is 21.6. The summed E-state index contributed by atoms with van der Waals surface area (Å²) in [6.07, 6.45) is 3.07. The number of benzene rings is 1. The van der Waals surface area contributed by atoms with Crippen LogP contribution in [0.15, 0.2) is 23.1 Å². The molecule has 0 radical (unpaired) electrons. The van der Waals surface area contributed by atoms with Crippen molar-refractivity contribution < 1.29 is 27.6 Å². The minimum absolute atomic E-state index is 0.00334. The van der Waals surface area contributed by atoms with E-state index in [1.165, 1.54) is 18.2 Å². The van der Waals surface area contributed by atoms with Gasteiger partial charge >= 0.3 is 0 Å². The number of hydrogen-bond acceptors (Lipinski definition) is 6. The molecule has 29 heavy (non-hydrogen) atoms. The number of hydrogen-bond donors (Lipinski definition) is 1. The fourth-order valence-corrected chi connectivity index (χ4v) is 5.59. The number of rotatable bonds is 8. The number of carbonyl (C=O) groups excluding carboxylic acids is 4. The Balaban J connectivity index is 1.86. The lowest BCUT2D eigenvalue weighted by Gasteiger charge is -2.27. The molecule has 2 aliphatic heterocycles. The van der Waals surface area contributed by atoms with Gasteiger partial charge in [-0.15, -0.1) is 0 Å². The molecule has 0 bridgehead atoms. The first-order valence-electron chi connectivity index (χ1n) is 9.41. The van der Waals surface area contributed by atoms with Crippen molar-refractivity contribution in [3.05, 3.63) is 29.3 Å². The van der Waals surface area contributed by atoms with Crippen molar-refractivity contribution in [2.75, 3.05) is 11.1 Å². The van der Waals surface area contributed by atoms with Gasteiger partial charge in [-0.2, -0.15) is 0 Å². The molecule has 1 atom stereocenters. The van der Waals surface area contributed by atoms with E-state index >= 15 is 0 Å². The number of alkyl halides is 1. The van der Waals surface area contributed by atoms with Crippen molar-refractivity contribution in [2.45, 2.75) is 49.5 Å². The number of nitrogens with zero attached hydrogens (tertiary/aromatic N) is 1. The number of carbonyl (C=O) groups is 4. The third-order valence-electron chi connectivity index (χ3n) is 5.06. The van der Waals surface area contributed by atoms with Crippen molar-refractivity contribution in [2.24, 2.45) is 0 Å². The van der Waals surface area contributed by atoms with Crippen LogP contribution in [0.4, 0.5) is 0 Å². The normalized spacial score (nSPS) is 19.5. The Bertz CT molecular complexity index is 975. The largest absolute Gasteiger partial charge is 0.295 e. The molecule has 10 heteroatoms. The monoisotopic (exact) mass is 484 g/mol. The maximum Gasteiger partial charge on any atom is 0.263 e. The second-order valence-corrected chi connectivity index (χ2v) is 9.92. The predicted molar refractivity (Wildman–Crippen MR) is 107 cm³/mol. The molecule has 156 valence electrons. The van der Waals surface area contributed by atoms with Crippen LogP contribution in [0.1, 0.15) is 59.2 Å². The molecule has 0 aliphatic carbocycles. The predicted octanol–water partition coefficient (Wildman–Crippen LogP) is 1.82. The van der Waals surface area contributed by atoms with Crippen LogP contribution in [0, 0.1) is 0 Å². The summed E-state index contributed by atoms with van der Waals surface area (Å²) in [5, 5.41) is 2.98. The molecule has 0 saturated carbocycles. The fraction of sp³-hybridized carbons (Fsp3) is 0.474. The van der Waals surface area contributed by atoms with Gasteiger partial charge in [0.15, 0.2) is 9.84 Å². The Morgan fingerprint density at radius 1 is 1.03 bits per heavy atom. The molecule has 4 amide bonds. The molecule has 0 aromatic heterocycles. The van der Waals surface area contributed by atoms with Gasteiger partial charge in [-0.05, 0) is 31.4 Å². The van der Waals surface area contributed by atoms with Crippen LogP contribution in [-0.4, -0.2) is 54.1 Å². The van der Waals surface area contributed by atoms with Crippen molar-refractivity contribution in [3.8, 4) is 0 Å². The highest BCUT2D eigenvalue weighted by atomic mass is 79.9. The average molecular weight is 485 g/mol. The van der Waals surface area contributed by atoms with E-state index in [0.29, 0.717) is 6.42 Å². The maximum absolute atomic E-state index is 13.0. The molecule has 1 aromatic carbocycles. The Morgan fingerprint density at radius 3 is 2.45 bits per heavy atom. The molecule has 3 rings (SSSR count). The molecule has 1 fully saturated rings. The van der Waals surface area contributed by atoms with E-state index < -0.39 is 39.5 Å². The van der Waals surface area contributed by atoms with E-state index in [9.17, 15) is 27.6 Å². The maximum atomic E-state index is 13.0. The summed E-state index contributed by atoms with van der Waals surface area (Å²) >= 11 is 3.33. The molecule has 1 N–H and O–H groups in total. The number of unbranched alkanes of at least 4 members (excludes halogenated alkanes) is 3. The van der Waals surface area contributed by atoms with E-state index in [1.54, 1.807) is 0 Å². The molecule has 8 nitrogen and oxygen atoms in total. The van der Waals surface area contributed by atoms with Gasteiger partial charge < -0.3 is 0 Å². The van der Waals surface area contributed by atoms with Crippen molar-refractivity contribution in [1.29, 1.82) is 0 Å². The number of imide groups is 2. The Kier molecular flexibility index (Phi) is 6.52. The summed E-state index contributed by atoms with van der Waals surface area (Å²) in [5.41, 5.74) is -0.206.